The van der Waals surface area contributed by atoms with E-state index in [2.05, 4.69) is 21.2 Å². The summed E-state index contributed by atoms with van der Waals surface area (Å²) in [5.41, 5.74) is 6.03. The van der Waals surface area contributed by atoms with Gasteiger partial charge >= 0.3 is 0 Å². The van der Waals surface area contributed by atoms with Gasteiger partial charge < -0.3 is 20.5 Å². The molecule has 1 saturated carbocycles. The molecule has 0 spiro atoms. The number of hydrogen-bond acceptors (Lipinski definition) is 3. The van der Waals surface area contributed by atoms with E-state index in [9.17, 15) is 9.59 Å². The summed E-state index contributed by atoms with van der Waals surface area (Å²) in [7, 11) is 0. The molecule has 1 atom stereocenters. The fourth-order valence-corrected chi connectivity index (χ4v) is 3.06. The first-order valence-corrected chi connectivity index (χ1v) is 7.55. The lowest BCUT2D eigenvalue weighted by atomic mass is 10.1. The number of rotatable bonds is 3. The third kappa shape index (κ3) is 2.47. The van der Waals surface area contributed by atoms with Gasteiger partial charge in [-0.3, -0.25) is 9.59 Å². The number of halogens is 1. The monoisotopic (exact) mass is 340 g/mol. The van der Waals surface area contributed by atoms with Crippen molar-refractivity contribution in [3.05, 3.63) is 22.4 Å². The van der Waals surface area contributed by atoms with E-state index in [4.69, 9.17) is 5.73 Å². The normalized spacial score (nSPS) is 22.9. The molecule has 0 aromatic carbocycles. The lowest BCUT2D eigenvalue weighted by Gasteiger charge is -2.34. The molecule has 1 aliphatic heterocycles. The first-order valence-electron chi connectivity index (χ1n) is 6.76. The molecule has 2 amide bonds. The highest BCUT2D eigenvalue weighted by Crippen LogP contribution is 2.37. The molecule has 3 rings (SSSR count). The van der Waals surface area contributed by atoms with Crippen LogP contribution < -0.4 is 11.1 Å². The molecule has 2 aliphatic rings. The van der Waals surface area contributed by atoms with Crippen LogP contribution in [0, 0.1) is 0 Å². The van der Waals surface area contributed by atoms with E-state index in [0.717, 1.165) is 17.3 Å². The van der Waals surface area contributed by atoms with Gasteiger partial charge in [0.25, 0.3) is 5.91 Å². The predicted octanol–water partition coefficient (Wildman–Crippen LogP) is 0.485. The summed E-state index contributed by atoms with van der Waals surface area (Å²) in [5.74, 6) is -0.581. The second-order valence-corrected chi connectivity index (χ2v) is 6.22. The van der Waals surface area contributed by atoms with Gasteiger partial charge in [-0.1, -0.05) is 0 Å². The van der Waals surface area contributed by atoms with Crippen molar-refractivity contribution in [2.24, 2.45) is 5.73 Å². The summed E-state index contributed by atoms with van der Waals surface area (Å²) in [6.45, 7) is 1.60. The molecule has 2 fully saturated rings. The van der Waals surface area contributed by atoms with E-state index in [1.165, 1.54) is 0 Å². The average molecular weight is 341 g/mol. The van der Waals surface area contributed by atoms with Gasteiger partial charge in [-0.2, -0.15) is 0 Å². The summed E-state index contributed by atoms with van der Waals surface area (Å²) in [4.78, 5) is 25.8. The largest absolute Gasteiger partial charge is 0.368 e. The Balaban J connectivity index is 1.89. The molecular formula is C13H17BrN4O2. The smallest absolute Gasteiger partial charge is 0.271 e. The Kier molecular flexibility index (Phi) is 3.55. The van der Waals surface area contributed by atoms with Gasteiger partial charge in [0.05, 0.1) is 0 Å². The van der Waals surface area contributed by atoms with E-state index in [0.29, 0.717) is 31.4 Å². The van der Waals surface area contributed by atoms with Gasteiger partial charge in [-0.15, -0.1) is 0 Å². The van der Waals surface area contributed by atoms with E-state index in [1.807, 2.05) is 16.8 Å². The molecule has 1 aliphatic carbocycles. The Bertz CT molecular complexity index is 553. The van der Waals surface area contributed by atoms with Crippen molar-refractivity contribution in [2.75, 3.05) is 19.6 Å². The minimum atomic E-state index is -0.572. The maximum atomic E-state index is 12.7. The molecular weight excluding hydrogens is 324 g/mol. The van der Waals surface area contributed by atoms with E-state index < -0.39 is 11.9 Å². The summed E-state index contributed by atoms with van der Waals surface area (Å²) in [6, 6.07) is 1.66. The number of piperazine rings is 1. The first-order chi connectivity index (χ1) is 9.58. The zero-order valence-corrected chi connectivity index (χ0v) is 12.6. The number of hydrogen-bond donors (Lipinski definition) is 2. The van der Waals surface area contributed by atoms with Crippen molar-refractivity contribution in [2.45, 2.75) is 24.9 Å². The topological polar surface area (TPSA) is 80.4 Å². The highest BCUT2D eigenvalue weighted by molar-refractivity contribution is 9.10. The first kappa shape index (κ1) is 13.6. The Hall–Kier alpha value is -1.34. The standard InChI is InChI=1S/C13H17BrN4O2/c14-8-5-10(18(7-8)9-1-2-9)13(20)17-4-3-16-6-11(17)12(15)19/h5,7,9,11,16H,1-4,6H2,(H2,15,19). The molecule has 7 heteroatoms. The zero-order chi connectivity index (χ0) is 14.3. The SMILES string of the molecule is NC(=O)C1CNCCN1C(=O)c1cc(Br)cn1C1CC1. The lowest BCUT2D eigenvalue weighted by Crippen LogP contribution is -2.58. The van der Waals surface area contributed by atoms with E-state index in [-0.39, 0.29) is 5.91 Å². The number of nitrogens with two attached hydrogens (primary N) is 1. The number of nitrogens with zero attached hydrogens (tertiary/aromatic N) is 2. The van der Waals surface area contributed by atoms with Crippen molar-refractivity contribution in [1.29, 1.82) is 0 Å². The van der Waals surface area contributed by atoms with Crippen LogP contribution >= 0.6 is 15.9 Å². The molecule has 6 nitrogen and oxygen atoms in total. The van der Waals surface area contributed by atoms with Crippen LogP contribution in [-0.4, -0.2) is 47.0 Å². The van der Waals surface area contributed by atoms with E-state index in [1.54, 1.807) is 4.90 Å². The quantitative estimate of drug-likeness (QED) is 0.840. The Morgan fingerprint density at radius 3 is 2.80 bits per heavy atom. The second-order valence-electron chi connectivity index (χ2n) is 5.30. The van der Waals surface area contributed by atoms with Crippen LogP contribution in [0.25, 0.3) is 0 Å². The van der Waals surface area contributed by atoms with Crippen LogP contribution in [0.15, 0.2) is 16.7 Å². The van der Waals surface area contributed by atoms with Gasteiger partial charge in [-0.25, -0.2) is 0 Å². The minimum Gasteiger partial charge on any atom is -0.368 e. The summed E-state index contributed by atoms with van der Waals surface area (Å²) < 4.78 is 2.89. The molecule has 1 aromatic heterocycles. The second kappa shape index (κ2) is 5.21. The van der Waals surface area contributed by atoms with Crippen LogP contribution in [-0.2, 0) is 4.79 Å². The highest BCUT2D eigenvalue weighted by atomic mass is 79.9. The van der Waals surface area contributed by atoms with Crippen molar-refractivity contribution in [3.63, 3.8) is 0 Å². The van der Waals surface area contributed by atoms with Crippen LogP contribution in [0.5, 0.6) is 0 Å². The molecule has 1 saturated heterocycles. The summed E-state index contributed by atoms with van der Waals surface area (Å²) in [5, 5.41) is 3.10. The number of aromatic nitrogens is 1. The average Bonchev–Trinajstić information content (AvgIpc) is 3.21. The Morgan fingerprint density at radius 1 is 1.40 bits per heavy atom. The molecule has 2 heterocycles. The van der Waals surface area contributed by atoms with Crippen molar-refractivity contribution in [3.8, 4) is 0 Å². The molecule has 20 heavy (non-hydrogen) atoms. The number of primary amides is 1. The molecule has 3 N–H and O–H groups in total. The highest BCUT2D eigenvalue weighted by Gasteiger charge is 2.35. The summed E-state index contributed by atoms with van der Waals surface area (Å²) in [6.07, 6.45) is 4.14. The fraction of sp³-hybridized carbons (Fsp3) is 0.538. The van der Waals surface area contributed by atoms with Gasteiger partial charge in [0, 0.05) is 36.3 Å². The maximum absolute atomic E-state index is 12.7. The van der Waals surface area contributed by atoms with Gasteiger partial charge in [0.15, 0.2) is 0 Å². The Morgan fingerprint density at radius 2 is 2.15 bits per heavy atom. The molecule has 108 valence electrons. The number of carbonyl (C=O) groups excluding carboxylic acids is 2. The van der Waals surface area contributed by atoms with E-state index >= 15 is 0 Å². The van der Waals surface area contributed by atoms with Gasteiger partial charge in [0.2, 0.25) is 5.91 Å². The number of nitrogens with one attached hydrogen (secondary N) is 1. The van der Waals surface area contributed by atoms with Gasteiger partial charge in [0.1, 0.15) is 11.7 Å². The summed E-state index contributed by atoms with van der Waals surface area (Å²) >= 11 is 3.42. The van der Waals surface area contributed by atoms with Crippen LogP contribution in [0.3, 0.4) is 0 Å². The zero-order valence-electron chi connectivity index (χ0n) is 11.0. The third-order valence-corrected chi connectivity index (χ3v) is 4.24. The van der Waals surface area contributed by atoms with Crippen LogP contribution in [0.1, 0.15) is 29.4 Å². The molecule has 1 unspecified atom stereocenters. The Labute approximate surface area is 125 Å². The molecule has 0 bridgehead atoms. The van der Waals surface area contributed by atoms with Crippen LogP contribution in [0.2, 0.25) is 0 Å². The molecule has 1 aromatic rings. The van der Waals surface area contributed by atoms with Gasteiger partial charge in [-0.05, 0) is 34.8 Å². The van der Waals surface area contributed by atoms with Crippen molar-refractivity contribution in [1.82, 2.24) is 14.8 Å². The molecule has 0 radical (unpaired) electrons. The van der Waals surface area contributed by atoms with Crippen molar-refractivity contribution < 1.29 is 9.59 Å². The van der Waals surface area contributed by atoms with Crippen LogP contribution in [0.4, 0.5) is 0 Å². The lowest BCUT2D eigenvalue weighted by molar-refractivity contribution is -0.122. The fourth-order valence-electron chi connectivity index (χ4n) is 2.62. The minimum absolute atomic E-state index is 0.118. The van der Waals surface area contributed by atoms with Crippen molar-refractivity contribution >= 4 is 27.7 Å². The predicted molar refractivity (Wildman–Crippen MR) is 77.3 cm³/mol. The maximum Gasteiger partial charge on any atom is 0.271 e. The number of amides is 2. The number of carbonyl (C=O) groups is 2. The third-order valence-electron chi connectivity index (χ3n) is 3.81.